The van der Waals surface area contributed by atoms with Gasteiger partial charge in [-0.2, -0.15) is 0 Å². The molecule has 0 saturated heterocycles. The summed E-state index contributed by atoms with van der Waals surface area (Å²) < 4.78 is 0. The fraction of sp³-hybridized carbons (Fsp3) is 0.562. The summed E-state index contributed by atoms with van der Waals surface area (Å²) in [7, 11) is 2.10. The Morgan fingerprint density at radius 1 is 1.35 bits per heavy atom. The molecule has 1 aromatic rings. The van der Waals surface area contributed by atoms with Crippen molar-refractivity contribution < 1.29 is 5.21 Å². The summed E-state index contributed by atoms with van der Waals surface area (Å²) in [5, 5.41) is 12.1. The van der Waals surface area contributed by atoms with E-state index in [9.17, 15) is 0 Å². The zero-order chi connectivity index (χ0) is 14.5. The third-order valence-electron chi connectivity index (χ3n) is 4.26. The smallest absolute Gasteiger partial charge is 0.172 e. The average Bonchev–Trinajstić information content (AvgIpc) is 2.47. The summed E-state index contributed by atoms with van der Waals surface area (Å²) in [6.07, 6.45) is 6.70. The van der Waals surface area contributed by atoms with Crippen LogP contribution in [0.5, 0.6) is 0 Å². The van der Waals surface area contributed by atoms with E-state index in [0.717, 1.165) is 29.3 Å². The third kappa shape index (κ3) is 3.24. The highest BCUT2D eigenvalue weighted by Gasteiger charge is 2.19. The number of para-hydroxylation sites is 1. The molecule has 0 amide bonds. The highest BCUT2D eigenvalue weighted by molar-refractivity contribution is 6.02. The topological polar surface area (TPSA) is 61.9 Å². The fourth-order valence-electron chi connectivity index (χ4n) is 3.27. The summed E-state index contributed by atoms with van der Waals surface area (Å²) in [4.78, 5) is 2.26. The molecule has 0 atom stereocenters. The number of benzene rings is 1. The molecule has 0 aromatic heterocycles. The van der Waals surface area contributed by atoms with Crippen molar-refractivity contribution in [2.24, 2.45) is 16.8 Å². The Morgan fingerprint density at radius 2 is 2.05 bits per heavy atom. The molecule has 2 rings (SSSR count). The molecule has 0 spiro atoms. The first-order valence-electron chi connectivity index (χ1n) is 7.42. The lowest BCUT2D eigenvalue weighted by molar-refractivity contribution is 0.318. The molecule has 1 saturated carbocycles. The predicted molar refractivity (Wildman–Crippen MR) is 83.5 cm³/mol. The van der Waals surface area contributed by atoms with Crippen LogP contribution in [0.25, 0.3) is 0 Å². The molecule has 0 radical (unpaired) electrons. The van der Waals surface area contributed by atoms with Crippen molar-refractivity contribution >= 4 is 11.5 Å². The van der Waals surface area contributed by atoms with Crippen LogP contribution in [0.2, 0.25) is 0 Å². The predicted octanol–water partition coefficient (Wildman–Crippen LogP) is 3.11. The molecule has 0 heterocycles. The Hall–Kier alpha value is -1.71. The van der Waals surface area contributed by atoms with Crippen LogP contribution < -0.4 is 10.6 Å². The molecule has 1 aliphatic rings. The van der Waals surface area contributed by atoms with Crippen LogP contribution in [0.3, 0.4) is 0 Å². The molecule has 110 valence electrons. The summed E-state index contributed by atoms with van der Waals surface area (Å²) >= 11 is 0. The minimum Gasteiger partial charge on any atom is -0.409 e. The van der Waals surface area contributed by atoms with E-state index >= 15 is 0 Å². The molecule has 0 bridgehead atoms. The molecule has 4 heteroatoms. The Balaban J connectivity index is 2.21. The van der Waals surface area contributed by atoms with Crippen molar-refractivity contribution in [1.29, 1.82) is 0 Å². The van der Waals surface area contributed by atoms with E-state index in [1.165, 1.54) is 32.1 Å². The van der Waals surface area contributed by atoms with Crippen molar-refractivity contribution in [2.45, 2.75) is 39.0 Å². The quantitative estimate of drug-likeness (QED) is 0.384. The van der Waals surface area contributed by atoms with Crippen LogP contribution >= 0.6 is 0 Å². The maximum Gasteiger partial charge on any atom is 0.172 e. The van der Waals surface area contributed by atoms with Crippen molar-refractivity contribution in [3.8, 4) is 0 Å². The normalized spacial score (nSPS) is 17.2. The second-order valence-electron chi connectivity index (χ2n) is 5.84. The van der Waals surface area contributed by atoms with Crippen molar-refractivity contribution in [2.75, 3.05) is 18.5 Å². The molecule has 1 aliphatic carbocycles. The SMILES string of the molecule is Cc1cccc(/C(N)=N/O)c1N(C)CC1CCCCC1. The monoisotopic (exact) mass is 275 g/mol. The largest absolute Gasteiger partial charge is 0.409 e. The first-order valence-corrected chi connectivity index (χ1v) is 7.42. The van der Waals surface area contributed by atoms with Gasteiger partial charge in [-0.3, -0.25) is 0 Å². The van der Waals surface area contributed by atoms with Gasteiger partial charge in [0.15, 0.2) is 5.84 Å². The highest BCUT2D eigenvalue weighted by atomic mass is 16.4. The van der Waals surface area contributed by atoms with Crippen LogP contribution in [0, 0.1) is 12.8 Å². The van der Waals surface area contributed by atoms with E-state index in [-0.39, 0.29) is 5.84 Å². The number of hydrogen-bond donors (Lipinski definition) is 2. The molecule has 3 N–H and O–H groups in total. The van der Waals surface area contributed by atoms with Gasteiger partial charge in [0, 0.05) is 19.2 Å². The van der Waals surface area contributed by atoms with Crippen molar-refractivity contribution in [1.82, 2.24) is 0 Å². The Morgan fingerprint density at radius 3 is 2.70 bits per heavy atom. The van der Waals surface area contributed by atoms with E-state index in [1.54, 1.807) is 0 Å². The number of anilines is 1. The minimum absolute atomic E-state index is 0.180. The van der Waals surface area contributed by atoms with E-state index in [0.29, 0.717) is 0 Å². The average molecular weight is 275 g/mol. The van der Waals surface area contributed by atoms with Crippen LogP contribution in [-0.4, -0.2) is 24.6 Å². The molecular weight excluding hydrogens is 250 g/mol. The number of rotatable bonds is 4. The van der Waals surface area contributed by atoms with Crippen molar-refractivity contribution in [3.63, 3.8) is 0 Å². The molecule has 0 aliphatic heterocycles. The number of oxime groups is 1. The lowest BCUT2D eigenvalue weighted by Gasteiger charge is -2.30. The van der Waals surface area contributed by atoms with Gasteiger partial charge in [0.2, 0.25) is 0 Å². The van der Waals surface area contributed by atoms with Gasteiger partial charge in [-0.25, -0.2) is 0 Å². The van der Waals surface area contributed by atoms with E-state index in [4.69, 9.17) is 10.9 Å². The van der Waals surface area contributed by atoms with Gasteiger partial charge < -0.3 is 15.8 Å². The lowest BCUT2D eigenvalue weighted by atomic mass is 9.88. The van der Waals surface area contributed by atoms with Gasteiger partial charge in [-0.05, 0) is 37.3 Å². The standard InChI is InChI=1S/C16H25N3O/c1-12-7-6-10-14(16(17)18-20)15(12)19(2)11-13-8-4-3-5-9-13/h6-7,10,13,20H,3-5,8-9,11H2,1-2H3,(H2,17,18). The first kappa shape index (κ1) is 14.7. The Kier molecular flexibility index (Phi) is 4.88. The molecule has 1 aromatic carbocycles. The van der Waals surface area contributed by atoms with Gasteiger partial charge in [-0.15, -0.1) is 0 Å². The maximum absolute atomic E-state index is 8.95. The van der Waals surface area contributed by atoms with Gasteiger partial charge in [0.1, 0.15) is 0 Å². The third-order valence-corrected chi connectivity index (χ3v) is 4.26. The zero-order valence-corrected chi connectivity index (χ0v) is 12.5. The van der Waals surface area contributed by atoms with Gasteiger partial charge in [-0.1, -0.05) is 36.6 Å². The second-order valence-corrected chi connectivity index (χ2v) is 5.84. The molecule has 1 fully saturated rings. The van der Waals surface area contributed by atoms with Gasteiger partial charge >= 0.3 is 0 Å². The minimum atomic E-state index is 0.180. The van der Waals surface area contributed by atoms with E-state index in [1.807, 2.05) is 12.1 Å². The molecular formula is C16H25N3O. The zero-order valence-electron chi connectivity index (χ0n) is 12.5. The second kappa shape index (κ2) is 6.64. The first-order chi connectivity index (χ1) is 9.63. The van der Waals surface area contributed by atoms with Crippen LogP contribution in [0.15, 0.2) is 23.4 Å². The van der Waals surface area contributed by atoms with E-state index in [2.05, 4.69) is 30.1 Å². The number of amidine groups is 1. The van der Waals surface area contributed by atoms with Gasteiger partial charge in [0.25, 0.3) is 0 Å². The number of nitrogens with two attached hydrogens (primary N) is 1. The summed E-state index contributed by atoms with van der Waals surface area (Å²) in [6.45, 7) is 3.11. The summed E-state index contributed by atoms with van der Waals surface area (Å²) in [5.41, 5.74) is 8.86. The highest BCUT2D eigenvalue weighted by Crippen LogP contribution is 2.29. The van der Waals surface area contributed by atoms with Crippen LogP contribution in [-0.2, 0) is 0 Å². The van der Waals surface area contributed by atoms with E-state index < -0.39 is 0 Å². The van der Waals surface area contributed by atoms with Crippen LogP contribution in [0.1, 0.15) is 43.2 Å². The fourth-order valence-corrected chi connectivity index (χ4v) is 3.27. The van der Waals surface area contributed by atoms with Crippen molar-refractivity contribution in [3.05, 3.63) is 29.3 Å². The Labute approximate surface area is 121 Å². The number of nitrogens with zero attached hydrogens (tertiary/aromatic N) is 2. The molecule has 20 heavy (non-hydrogen) atoms. The lowest BCUT2D eigenvalue weighted by Crippen LogP contribution is -2.29. The number of hydrogen-bond acceptors (Lipinski definition) is 3. The molecule has 0 unspecified atom stereocenters. The van der Waals surface area contributed by atoms with Crippen LogP contribution in [0.4, 0.5) is 5.69 Å². The summed E-state index contributed by atoms with van der Waals surface area (Å²) in [6, 6.07) is 5.93. The maximum atomic E-state index is 8.95. The number of aryl methyl sites for hydroxylation is 1. The molecule has 4 nitrogen and oxygen atoms in total. The summed E-state index contributed by atoms with van der Waals surface area (Å²) in [5.74, 6) is 0.938. The Bertz CT molecular complexity index is 479. The van der Waals surface area contributed by atoms with Gasteiger partial charge in [0.05, 0.1) is 5.69 Å².